The van der Waals surface area contributed by atoms with Crippen LogP contribution in [0.1, 0.15) is 63.0 Å². The monoisotopic (exact) mass is 502 g/mol. The zero-order valence-electron chi connectivity index (χ0n) is 21.6. The average Bonchev–Trinajstić information content (AvgIpc) is 3.63. The lowest BCUT2D eigenvalue weighted by Crippen LogP contribution is -2.49. The first-order valence-electron chi connectivity index (χ1n) is 14.3. The molecule has 3 aromatic rings. The minimum atomic E-state index is -0.268. The van der Waals surface area contributed by atoms with Crippen LogP contribution < -0.4 is 10.9 Å². The van der Waals surface area contributed by atoms with Gasteiger partial charge in [0.25, 0.3) is 5.56 Å². The van der Waals surface area contributed by atoms with Gasteiger partial charge < -0.3 is 10.4 Å². The van der Waals surface area contributed by atoms with Crippen LogP contribution in [0.25, 0.3) is 21.8 Å². The number of aliphatic hydroxyl groups is 1. The maximum absolute atomic E-state index is 14.1. The summed E-state index contributed by atoms with van der Waals surface area (Å²) in [6.45, 7) is 6.38. The Balaban J connectivity index is 1.27. The summed E-state index contributed by atoms with van der Waals surface area (Å²) in [6, 6.07) is 7.15. The molecule has 37 heavy (non-hydrogen) atoms. The maximum Gasteiger partial charge on any atom is 0.260 e. The van der Waals surface area contributed by atoms with Gasteiger partial charge in [0.2, 0.25) is 5.95 Å². The quantitative estimate of drug-likeness (QED) is 0.499. The summed E-state index contributed by atoms with van der Waals surface area (Å²) in [4.78, 5) is 28.8. The van der Waals surface area contributed by atoms with Gasteiger partial charge in [0.05, 0.1) is 6.10 Å². The molecule has 1 aromatic carbocycles. The lowest BCUT2D eigenvalue weighted by molar-refractivity contribution is 0.0994. The topological polar surface area (TPSA) is 86.5 Å². The van der Waals surface area contributed by atoms with Crippen LogP contribution in [0, 0.1) is 5.92 Å². The second-order valence-electron chi connectivity index (χ2n) is 11.8. The zero-order valence-corrected chi connectivity index (χ0v) is 21.6. The highest BCUT2D eigenvalue weighted by Crippen LogP contribution is 2.33. The molecular formula is C29H38N6O2. The number of rotatable bonds is 6. The fourth-order valence-corrected chi connectivity index (χ4v) is 6.83. The number of piperazine rings is 1. The van der Waals surface area contributed by atoms with Gasteiger partial charge in [-0.15, -0.1) is 0 Å². The molecular weight excluding hydrogens is 464 g/mol. The predicted molar refractivity (Wildman–Crippen MR) is 146 cm³/mol. The van der Waals surface area contributed by atoms with Gasteiger partial charge in [0.15, 0.2) is 0 Å². The van der Waals surface area contributed by atoms with Gasteiger partial charge >= 0.3 is 0 Å². The van der Waals surface area contributed by atoms with E-state index in [4.69, 9.17) is 4.98 Å². The van der Waals surface area contributed by atoms with E-state index >= 15 is 0 Å². The maximum atomic E-state index is 14.1. The van der Waals surface area contributed by atoms with Crippen molar-refractivity contribution in [1.29, 1.82) is 0 Å². The fraction of sp³-hybridized carbons (Fsp3) is 0.621. The molecule has 0 spiro atoms. The van der Waals surface area contributed by atoms with Gasteiger partial charge in [0, 0.05) is 61.8 Å². The Kier molecular flexibility index (Phi) is 6.14. The highest BCUT2D eigenvalue weighted by atomic mass is 16.3. The molecule has 4 heterocycles. The molecule has 2 N–H and O–H groups in total. The summed E-state index contributed by atoms with van der Waals surface area (Å²) in [6.07, 6.45) is 9.81. The molecule has 0 bridgehead atoms. The first-order valence-corrected chi connectivity index (χ1v) is 14.3. The van der Waals surface area contributed by atoms with Crippen LogP contribution in [0.2, 0.25) is 0 Å². The second kappa shape index (κ2) is 9.64. The first kappa shape index (κ1) is 23.6. The molecule has 4 aliphatic rings. The minimum absolute atomic E-state index is 0.0400. The molecule has 8 heteroatoms. The van der Waals surface area contributed by atoms with Crippen molar-refractivity contribution in [3.05, 3.63) is 40.3 Å². The molecule has 0 unspecified atom stereocenters. The van der Waals surface area contributed by atoms with Crippen molar-refractivity contribution in [2.75, 3.05) is 38.0 Å². The Morgan fingerprint density at radius 1 is 0.946 bits per heavy atom. The van der Waals surface area contributed by atoms with Crippen LogP contribution in [-0.4, -0.2) is 74.3 Å². The van der Waals surface area contributed by atoms with E-state index in [0.717, 1.165) is 80.2 Å². The van der Waals surface area contributed by atoms with Gasteiger partial charge in [-0.05, 0) is 80.8 Å². The molecule has 2 saturated heterocycles. The smallest absolute Gasteiger partial charge is 0.260 e. The Morgan fingerprint density at radius 2 is 1.81 bits per heavy atom. The van der Waals surface area contributed by atoms with Gasteiger partial charge in [-0.3, -0.25) is 19.2 Å². The first-order chi connectivity index (χ1) is 18.1. The van der Waals surface area contributed by atoms with Crippen molar-refractivity contribution in [2.24, 2.45) is 5.92 Å². The Labute approximate surface area is 217 Å². The van der Waals surface area contributed by atoms with Crippen LogP contribution >= 0.6 is 0 Å². The number of benzene rings is 1. The molecule has 4 fully saturated rings. The number of pyridine rings is 1. The molecule has 8 nitrogen and oxygen atoms in total. The third-order valence-corrected chi connectivity index (χ3v) is 9.17. The van der Waals surface area contributed by atoms with Crippen LogP contribution in [0.3, 0.4) is 0 Å². The fourth-order valence-electron chi connectivity index (χ4n) is 6.83. The van der Waals surface area contributed by atoms with E-state index in [-0.39, 0.29) is 17.7 Å². The second-order valence-corrected chi connectivity index (χ2v) is 11.8. The highest BCUT2D eigenvalue weighted by Gasteiger charge is 2.31. The largest absolute Gasteiger partial charge is 0.393 e. The van der Waals surface area contributed by atoms with Gasteiger partial charge in [-0.25, -0.2) is 4.98 Å². The molecule has 0 radical (unpaired) electrons. The average molecular weight is 503 g/mol. The third-order valence-electron chi connectivity index (χ3n) is 9.17. The summed E-state index contributed by atoms with van der Waals surface area (Å²) in [5.74, 6) is 1.32. The molecule has 2 saturated carbocycles. The SMILES string of the molecule is O=c1c2cc(CN3CCN4CCC[C@@H]4C3)ccc2c2cnc(NCC3CC3)nc2n1[C@H]1CC[C@H](O)CC1. The number of nitrogens with one attached hydrogen (secondary N) is 1. The molecule has 2 aromatic heterocycles. The highest BCUT2D eigenvalue weighted by molar-refractivity contribution is 6.04. The van der Waals surface area contributed by atoms with Gasteiger partial charge in [-0.2, -0.15) is 4.98 Å². The summed E-state index contributed by atoms with van der Waals surface area (Å²) < 4.78 is 1.93. The van der Waals surface area contributed by atoms with Crippen molar-refractivity contribution in [3.63, 3.8) is 0 Å². The normalized spacial score (nSPS) is 27.1. The van der Waals surface area contributed by atoms with Crippen molar-refractivity contribution in [3.8, 4) is 0 Å². The summed E-state index contributed by atoms with van der Waals surface area (Å²) >= 11 is 0. The Hall–Kier alpha value is -2.55. The third kappa shape index (κ3) is 4.64. The molecule has 7 rings (SSSR count). The van der Waals surface area contributed by atoms with Crippen molar-refractivity contribution < 1.29 is 5.11 Å². The summed E-state index contributed by atoms with van der Waals surface area (Å²) in [5.41, 5.74) is 1.96. The van der Waals surface area contributed by atoms with E-state index in [1.54, 1.807) is 0 Å². The molecule has 0 amide bonds. The number of aliphatic hydroxyl groups excluding tert-OH is 1. The van der Waals surface area contributed by atoms with Gasteiger partial charge in [0.1, 0.15) is 5.65 Å². The standard InChI is InChI=1S/C29H38N6O2/c36-23-8-6-21(7-9-23)35-27-26(16-31-29(32-27)30-15-19-3-4-19)24-10-5-20(14-25(24)28(35)37)17-33-12-13-34-11-1-2-22(34)18-33/h5,10,14,16,19,21-23,36H,1-4,6-9,11-13,15,17-18H2,(H,30,31,32)/t21-,22-,23-/m1/s1. The lowest BCUT2D eigenvalue weighted by atomic mass is 9.92. The minimum Gasteiger partial charge on any atom is -0.393 e. The van der Waals surface area contributed by atoms with Crippen molar-refractivity contribution >= 4 is 27.8 Å². The Morgan fingerprint density at radius 3 is 2.65 bits per heavy atom. The van der Waals surface area contributed by atoms with E-state index in [2.05, 4.69) is 38.3 Å². The number of nitrogens with zero attached hydrogens (tertiary/aromatic N) is 5. The molecule has 2 aliphatic heterocycles. The number of hydrogen-bond donors (Lipinski definition) is 2. The van der Waals surface area contributed by atoms with Crippen molar-refractivity contribution in [1.82, 2.24) is 24.3 Å². The number of anilines is 1. The zero-order chi connectivity index (χ0) is 24.9. The van der Waals surface area contributed by atoms with E-state index in [0.29, 0.717) is 17.9 Å². The predicted octanol–water partition coefficient (Wildman–Crippen LogP) is 3.52. The number of fused-ring (bicyclic) bond motifs is 4. The number of aromatic nitrogens is 3. The van der Waals surface area contributed by atoms with Crippen LogP contribution in [0.15, 0.2) is 29.2 Å². The summed E-state index contributed by atoms with van der Waals surface area (Å²) in [7, 11) is 0. The van der Waals surface area contributed by atoms with Crippen LogP contribution in [0.4, 0.5) is 5.95 Å². The Bertz CT molecular complexity index is 1360. The van der Waals surface area contributed by atoms with E-state index in [1.807, 2.05) is 10.8 Å². The summed E-state index contributed by atoms with van der Waals surface area (Å²) in [5, 5.41) is 16.1. The van der Waals surface area contributed by atoms with Crippen LogP contribution in [-0.2, 0) is 6.54 Å². The van der Waals surface area contributed by atoms with Gasteiger partial charge in [-0.1, -0.05) is 12.1 Å². The van der Waals surface area contributed by atoms with E-state index < -0.39 is 0 Å². The van der Waals surface area contributed by atoms with Crippen molar-refractivity contribution in [2.45, 2.75) is 76.1 Å². The lowest BCUT2D eigenvalue weighted by Gasteiger charge is -2.37. The molecule has 1 atom stereocenters. The van der Waals surface area contributed by atoms with Crippen LogP contribution in [0.5, 0.6) is 0 Å². The van der Waals surface area contributed by atoms with E-state index in [1.165, 1.54) is 37.8 Å². The molecule has 2 aliphatic carbocycles. The molecule has 196 valence electrons. The van der Waals surface area contributed by atoms with E-state index in [9.17, 15) is 9.90 Å². The number of hydrogen-bond acceptors (Lipinski definition) is 7.